The molecule has 0 aliphatic heterocycles. The summed E-state index contributed by atoms with van der Waals surface area (Å²) < 4.78 is 0. The van der Waals surface area contributed by atoms with E-state index in [2.05, 4.69) is 31.3 Å². The van der Waals surface area contributed by atoms with Gasteiger partial charge in [-0.25, -0.2) is 0 Å². The third kappa shape index (κ3) is 2.00. The van der Waals surface area contributed by atoms with Crippen molar-refractivity contribution in [3.05, 3.63) is 35.9 Å². The Morgan fingerprint density at radius 3 is 2.50 bits per heavy atom. The van der Waals surface area contributed by atoms with Crippen LogP contribution in [0.25, 0.3) is 0 Å². The van der Waals surface area contributed by atoms with Gasteiger partial charge in [-0.05, 0) is 38.7 Å². The molecule has 1 aromatic carbocycles. The highest BCUT2D eigenvalue weighted by Gasteiger charge is 2.43. The summed E-state index contributed by atoms with van der Waals surface area (Å²) in [6.45, 7) is 4.27. The number of rotatable bonds is 3. The smallest absolute Gasteiger partial charge is 0.0763 e. The molecular formula is C14H21NO. The van der Waals surface area contributed by atoms with Gasteiger partial charge in [0.25, 0.3) is 0 Å². The minimum absolute atomic E-state index is 0.227. The van der Waals surface area contributed by atoms with Crippen LogP contribution in [0.1, 0.15) is 38.7 Å². The summed E-state index contributed by atoms with van der Waals surface area (Å²) in [6.07, 6.45) is 2.75. The molecule has 0 radical (unpaired) electrons. The monoisotopic (exact) mass is 219 g/mol. The first-order valence-electron chi connectivity index (χ1n) is 6.16. The highest BCUT2D eigenvalue weighted by Crippen LogP contribution is 2.39. The molecule has 1 aliphatic rings. The fourth-order valence-electron chi connectivity index (χ4n) is 2.83. The maximum absolute atomic E-state index is 10.3. The highest BCUT2D eigenvalue weighted by atomic mass is 16.3. The van der Waals surface area contributed by atoms with E-state index in [4.69, 9.17) is 0 Å². The van der Waals surface area contributed by atoms with Crippen molar-refractivity contribution < 1.29 is 5.11 Å². The van der Waals surface area contributed by atoms with Crippen LogP contribution in [0.3, 0.4) is 0 Å². The Bertz CT molecular complexity index is 336. The standard InChI is InChI=1S/C14H21NO/c1-11(2)15-14(10-6-9-13(14)16)12-7-4-3-5-8-12/h3-5,7-8,11,13,15-16H,6,9-10H2,1-2H3. The van der Waals surface area contributed by atoms with Crippen molar-refractivity contribution in [2.24, 2.45) is 0 Å². The van der Waals surface area contributed by atoms with E-state index >= 15 is 0 Å². The molecule has 2 atom stereocenters. The van der Waals surface area contributed by atoms with Crippen molar-refractivity contribution in [3.63, 3.8) is 0 Å². The molecule has 0 aromatic heterocycles. The third-order valence-corrected chi connectivity index (χ3v) is 3.45. The summed E-state index contributed by atoms with van der Waals surface area (Å²) in [7, 11) is 0. The predicted molar refractivity (Wildman–Crippen MR) is 66.2 cm³/mol. The van der Waals surface area contributed by atoms with Crippen molar-refractivity contribution in [2.75, 3.05) is 0 Å². The van der Waals surface area contributed by atoms with Gasteiger partial charge in [0.15, 0.2) is 0 Å². The molecule has 2 heteroatoms. The van der Waals surface area contributed by atoms with Crippen molar-refractivity contribution in [1.82, 2.24) is 5.32 Å². The Labute approximate surface area is 97.7 Å². The fraction of sp³-hybridized carbons (Fsp3) is 0.571. The molecule has 0 saturated heterocycles. The minimum atomic E-state index is -0.266. The SMILES string of the molecule is CC(C)NC1(c2ccccc2)CCCC1O. The van der Waals surface area contributed by atoms with Crippen LogP contribution in [0, 0.1) is 0 Å². The van der Waals surface area contributed by atoms with E-state index in [1.54, 1.807) is 0 Å². The third-order valence-electron chi connectivity index (χ3n) is 3.45. The quantitative estimate of drug-likeness (QED) is 0.818. The van der Waals surface area contributed by atoms with E-state index in [1.165, 1.54) is 5.56 Å². The zero-order valence-electron chi connectivity index (χ0n) is 10.1. The Morgan fingerprint density at radius 1 is 1.31 bits per heavy atom. The molecule has 0 heterocycles. The summed E-state index contributed by atoms with van der Waals surface area (Å²) in [5.74, 6) is 0. The zero-order valence-corrected chi connectivity index (χ0v) is 10.1. The van der Waals surface area contributed by atoms with Crippen molar-refractivity contribution in [3.8, 4) is 0 Å². The number of nitrogens with one attached hydrogen (secondary N) is 1. The van der Waals surface area contributed by atoms with Crippen LogP contribution in [0.4, 0.5) is 0 Å². The molecule has 0 amide bonds. The van der Waals surface area contributed by atoms with E-state index in [9.17, 15) is 5.11 Å². The Hall–Kier alpha value is -0.860. The fourth-order valence-corrected chi connectivity index (χ4v) is 2.83. The second-order valence-corrected chi connectivity index (χ2v) is 5.04. The second kappa shape index (κ2) is 4.56. The maximum atomic E-state index is 10.3. The first-order chi connectivity index (χ1) is 7.65. The lowest BCUT2D eigenvalue weighted by atomic mass is 9.85. The lowest BCUT2D eigenvalue weighted by Crippen LogP contribution is -2.51. The van der Waals surface area contributed by atoms with Crippen molar-refractivity contribution >= 4 is 0 Å². The van der Waals surface area contributed by atoms with Crippen LogP contribution in [0.15, 0.2) is 30.3 Å². The topological polar surface area (TPSA) is 32.3 Å². The van der Waals surface area contributed by atoms with Gasteiger partial charge >= 0.3 is 0 Å². The van der Waals surface area contributed by atoms with Crippen LogP contribution in [-0.2, 0) is 5.54 Å². The average Bonchev–Trinajstić information content (AvgIpc) is 2.62. The van der Waals surface area contributed by atoms with Gasteiger partial charge in [0.2, 0.25) is 0 Å². The Kier molecular flexibility index (Phi) is 3.31. The molecule has 16 heavy (non-hydrogen) atoms. The van der Waals surface area contributed by atoms with Crippen LogP contribution in [0.2, 0.25) is 0 Å². The molecule has 2 nitrogen and oxygen atoms in total. The molecule has 2 unspecified atom stereocenters. The van der Waals surface area contributed by atoms with Gasteiger partial charge in [-0.15, -0.1) is 0 Å². The maximum Gasteiger partial charge on any atom is 0.0763 e. The molecular weight excluding hydrogens is 198 g/mol. The molecule has 1 saturated carbocycles. The molecule has 0 bridgehead atoms. The van der Waals surface area contributed by atoms with Crippen LogP contribution < -0.4 is 5.32 Å². The lowest BCUT2D eigenvalue weighted by Gasteiger charge is -2.36. The second-order valence-electron chi connectivity index (χ2n) is 5.04. The van der Waals surface area contributed by atoms with Gasteiger partial charge in [0.1, 0.15) is 0 Å². The first kappa shape index (κ1) is 11.6. The highest BCUT2D eigenvalue weighted by molar-refractivity contribution is 5.28. The molecule has 2 N–H and O–H groups in total. The summed E-state index contributed by atoms with van der Waals surface area (Å²) in [4.78, 5) is 0. The summed E-state index contributed by atoms with van der Waals surface area (Å²) in [5, 5.41) is 13.9. The van der Waals surface area contributed by atoms with E-state index < -0.39 is 0 Å². The molecule has 1 aliphatic carbocycles. The van der Waals surface area contributed by atoms with E-state index in [1.807, 2.05) is 18.2 Å². The zero-order chi connectivity index (χ0) is 11.6. The molecule has 2 rings (SSSR count). The summed E-state index contributed by atoms with van der Waals surface area (Å²) in [5.41, 5.74) is 0.990. The van der Waals surface area contributed by atoms with Gasteiger partial charge in [-0.1, -0.05) is 30.3 Å². The van der Waals surface area contributed by atoms with Gasteiger partial charge < -0.3 is 10.4 Å². The van der Waals surface area contributed by atoms with E-state index in [0.717, 1.165) is 19.3 Å². The largest absolute Gasteiger partial charge is 0.391 e. The van der Waals surface area contributed by atoms with Gasteiger partial charge in [-0.2, -0.15) is 0 Å². The predicted octanol–water partition coefficient (Wildman–Crippen LogP) is 2.42. The van der Waals surface area contributed by atoms with Crippen LogP contribution in [0.5, 0.6) is 0 Å². The average molecular weight is 219 g/mol. The Balaban J connectivity index is 2.35. The number of aliphatic hydroxyl groups is 1. The normalized spacial score (nSPS) is 29.9. The van der Waals surface area contributed by atoms with Crippen LogP contribution in [-0.4, -0.2) is 17.3 Å². The number of benzene rings is 1. The summed E-state index contributed by atoms with van der Waals surface area (Å²) in [6, 6.07) is 10.7. The number of aliphatic hydroxyl groups excluding tert-OH is 1. The van der Waals surface area contributed by atoms with Gasteiger partial charge in [0, 0.05) is 6.04 Å². The van der Waals surface area contributed by atoms with Gasteiger partial charge in [0.05, 0.1) is 11.6 Å². The molecule has 88 valence electrons. The van der Waals surface area contributed by atoms with Crippen LogP contribution >= 0.6 is 0 Å². The number of hydrogen-bond donors (Lipinski definition) is 2. The molecule has 0 spiro atoms. The lowest BCUT2D eigenvalue weighted by molar-refractivity contribution is 0.0776. The minimum Gasteiger partial charge on any atom is -0.391 e. The first-order valence-corrected chi connectivity index (χ1v) is 6.16. The molecule has 1 fully saturated rings. The molecule has 1 aromatic rings. The Morgan fingerprint density at radius 2 is 2.00 bits per heavy atom. The van der Waals surface area contributed by atoms with Crippen molar-refractivity contribution in [1.29, 1.82) is 0 Å². The van der Waals surface area contributed by atoms with Crippen molar-refractivity contribution in [2.45, 2.75) is 50.8 Å². The van der Waals surface area contributed by atoms with E-state index in [-0.39, 0.29) is 11.6 Å². The summed E-state index contributed by atoms with van der Waals surface area (Å²) >= 11 is 0. The number of hydrogen-bond acceptors (Lipinski definition) is 2. The van der Waals surface area contributed by atoms with E-state index in [0.29, 0.717) is 6.04 Å². The van der Waals surface area contributed by atoms with Gasteiger partial charge in [-0.3, -0.25) is 0 Å².